The van der Waals surface area contributed by atoms with E-state index in [0.717, 1.165) is 37.1 Å². The van der Waals surface area contributed by atoms with Crippen LogP contribution in [0.4, 0.5) is 4.79 Å². The number of rotatable bonds is 6. The molecule has 2 saturated heterocycles. The van der Waals surface area contributed by atoms with Crippen molar-refractivity contribution in [3.63, 3.8) is 0 Å². The summed E-state index contributed by atoms with van der Waals surface area (Å²) < 4.78 is 5.59. The molecule has 2 aromatic carbocycles. The molecule has 2 aromatic rings. The lowest BCUT2D eigenvalue weighted by Crippen LogP contribution is -2.61. The van der Waals surface area contributed by atoms with Crippen LogP contribution >= 0.6 is 23.2 Å². The van der Waals surface area contributed by atoms with Crippen LogP contribution < -0.4 is 0 Å². The highest BCUT2D eigenvalue weighted by molar-refractivity contribution is 6.42. The van der Waals surface area contributed by atoms with E-state index in [1.807, 2.05) is 48.3 Å². The number of carbonyl (C=O) groups is 2. The third-order valence-electron chi connectivity index (χ3n) is 6.85. The highest BCUT2D eigenvalue weighted by Gasteiger charge is 2.39. The van der Waals surface area contributed by atoms with Crippen molar-refractivity contribution in [3.05, 3.63) is 69.7 Å². The average molecular weight is 504 g/mol. The molecular formula is C26H31Cl2N3O3. The van der Waals surface area contributed by atoms with Gasteiger partial charge in [-0.15, -0.1) is 0 Å². The van der Waals surface area contributed by atoms with E-state index in [-0.39, 0.29) is 37.1 Å². The Balaban J connectivity index is 1.41. The van der Waals surface area contributed by atoms with Crippen LogP contribution in [0.2, 0.25) is 10.0 Å². The molecule has 2 atom stereocenters. The van der Waals surface area contributed by atoms with Gasteiger partial charge in [0.15, 0.2) is 0 Å². The highest BCUT2D eigenvalue weighted by atomic mass is 35.5. The van der Waals surface area contributed by atoms with Crippen molar-refractivity contribution in [1.82, 2.24) is 14.7 Å². The van der Waals surface area contributed by atoms with Gasteiger partial charge < -0.3 is 14.5 Å². The number of amides is 2. The molecule has 4 rings (SSSR count). The van der Waals surface area contributed by atoms with Gasteiger partial charge in [-0.05, 0) is 55.6 Å². The molecule has 8 heteroatoms. The fourth-order valence-corrected chi connectivity index (χ4v) is 5.23. The Morgan fingerprint density at radius 2 is 1.74 bits per heavy atom. The molecule has 2 heterocycles. The van der Waals surface area contributed by atoms with E-state index in [1.54, 1.807) is 17.0 Å². The summed E-state index contributed by atoms with van der Waals surface area (Å²) in [5, 5.41) is 0.929. The second-order valence-electron chi connectivity index (χ2n) is 9.08. The largest absolute Gasteiger partial charge is 0.445 e. The van der Waals surface area contributed by atoms with Gasteiger partial charge in [-0.1, -0.05) is 59.6 Å². The third kappa shape index (κ3) is 6.04. The number of likely N-dealkylation sites (N-methyl/N-ethyl adjacent to an activating group) is 1. The van der Waals surface area contributed by atoms with Crippen LogP contribution in [0.15, 0.2) is 48.5 Å². The molecule has 2 amide bonds. The number of carbonyl (C=O) groups excluding carboxylic acids is 2. The number of nitrogens with zero attached hydrogens (tertiary/aromatic N) is 3. The second-order valence-corrected chi connectivity index (χ2v) is 9.90. The molecule has 2 aliphatic heterocycles. The summed E-state index contributed by atoms with van der Waals surface area (Å²) in [7, 11) is 1.87. The quantitative estimate of drug-likeness (QED) is 0.564. The van der Waals surface area contributed by atoms with Gasteiger partial charge in [-0.25, -0.2) is 4.79 Å². The number of benzene rings is 2. The summed E-state index contributed by atoms with van der Waals surface area (Å²) in [5.74, 6) is 0.0349. The Bertz CT molecular complexity index is 998. The van der Waals surface area contributed by atoms with Crippen LogP contribution in [0.5, 0.6) is 0 Å². The molecule has 0 saturated carbocycles. The lowest BCUT2D eigenvalue weighted by atomic mass is 9.96. The summed E-state index contributed by atoms with van der Waals surface area (Å²) >= 11 is 12.1. The van der Waals surface area contributed by atoms with Gasteiger partial charge in [0.2, 0.25) is 5.91 Å². The van der Waals surface area contributed by atoms with E-state index in [9.17, 15) is 9.59 Å². The Kier molecular flexibility index (Phi) is 8.35. The Labute approximate surface area is 211 Å². The van der Waals surface area contributed by atoms with E-state index in [4.69, 9.17) is 27.9 Å². The summed E-state index contributed by atoms with van der Waals surface area (Å²) in [6.07, 6.45) is 2.96. The maximum absolute atomic E-state index is 13.2. The van der Waals surface area contributed by atoms with Crippen LogP contribution in [-0.2, 0) is 22.6 Å². The van der Waals surface area contributed by atoms with E-state index in [0.29, 0.717) is 29.6 Å². The van der Waals surface area contributed by atoms with Crippen molar-refractivity contribution in [2.45, 2.75) is 44.4 Å². The maximum atomic E-state index is 13.2. The first-order chi connectivity index (χ1) is 16.4. The van der Waals surface area contributed by atoms with Crippen molar-refractivity contribution < 1.29 is 14.3 Å². The molecule has 0 spiro atoms. The number of piperidine rings is 1. The predicted octanol–water partition coefficient (Wildman–Crippen LogP) is 4.87. The lowest BCUT2D eigenvalue weighted by Gasteiger charge is -2.45. The second kappa shape index (κ2) is 11.4. The molecule has 0 aromatic heterocycles. The highest BCUT2D eigenvalue weighted by Crippen LogP contribution is 2.27. The van der Waals surface area contributed by atoms with E-state index in [1.165, 1.54) is 0 Å². The monoisotopic (exact) mass is 503 g/mol. The molecule has 2 fully saturated rings. The third-order valence-corrected chi connectivity index (χ3v) is 7.59. The van der Waals surface area contributed by atoms with Crippen molar-refractivity contribution in [3.8, 4) is 0 Å². The summed E-state index contributed by atoms with van der Waals surface area (Å²) in [5.41, 5.74) is 1.81. The first-order valence-electron chi connectivity index (χ1n) is 11.8. The maximum Gasteiger partial charge on any atom is 0.410 e. The number of halogens is 2. The summed E-state index contributed by atoms with van der Waals surface area (Å²) in [6, 6.07) is 15.1. The summed E-state index contributed by atoms with van der Waals surface area (Å²) in [6.45, 7) is 3.36. The SMILES string of the molecule is CN(C(=O)Cc1ccc(Cl)c(Cl)c1)C1CCN(C(=O)OCc2ccccc2)CC1N1CCCC1. The Morgan fingerprint density at radius 3 is 2.44 bits per heavy atom. The summed E-state index contributed by atoms with van der Waals surface area (Å²) in [4.78, 5) is 32.1. The minimum absolute atomic E-state index is 0.0338. The number of hydrogen-bond acceptors (Lipinski definition) is 4. The fourth-order valence-electron chi connectivity index (χ4n) is 4.91. The molecule has 2 aliphatic rings. The van der Waals surface area contributed by atoms with Gasteiger partial charge in [-0.2, -0.15) is 0 Å². The first-order valence-corrected chi connectivity index (χ1v) is 12.6. The van der Waals surface area contributed by atoms with Gasteiger partial charge >= 0.3 is 6.09 Å². The molecule has 2 unspecified atom stereocenters. The average Bonchev–Trinajstić information content (AvgIpc) is 3.39. The van der Waals surface area contributed by atoms with Crippen molar-refractivity contribution >= 4 is 35.2 Å². The van der Waals surface area contributed by atoms with Crippen LogP contribution in [0.3, 0.4) is 0 Å². The zero-order valence-corrected chi connectivity index (χ0v) is 21.0. The molecule has 182 valence electrons. The van der Waals surface area contributed by atoms with E-state index >= 15 is 0 Å². The van der Waals surface area contributed by atoms with E-state index in [2.05, 4.69) is 4.90 Å². The predicted molar refractivity (Wildman–Crippen MR) is 134 cm³/mol. The fraction of sp³-hybridized carbons (Fsp3) is 0.462. The molecule has 0 aliphatic carbocycles. The van der Waals surface area contributed by atoms with E-state index < -0.39 is 0 Å². The number of hydrogen-bond donors (Lipinski definition) is 0. The van der Waals surface area contributed by atoms with Gasteiger partial charge in [-0.3, -0.25) is 9.69 Å². The number of likely N-dealkylation sites (tertiary alicyclic amines) is 2. The lowest BCUT2D eigenvalue weighted by molar-refractivity contribution is -0.133. The number of ether oxygens (including phenoxy) is 1. The Hall–Kier alpha value is -2.28. The normalized spacial score (nSPS) is 20.9. The molecule has 34 heavy (non-hydrogen) atoms. The van der Waals surface area contributed by atoms with Crippen LogP contribution in [0.1, 0.15) is 30.4 Å². The van der Waals surface area contributed by atoms with Crippen molar-refractivity contribution in [2.24, 2.45) is 0 Å². The smallest absolute Gasteiger partial charge is 0.410 e. The molecular weight excluding hydrogens is 473 g/mol. The van der Waals surface area contributed by atoms with Gasteiger partial charge in [0, 0.05) is 26.2 Å². The first kappa shape index (κ1) is 24.8. The van der Waals surface area contributed by atoms with Crippen molar-refractivity contribution in [2.75, 3.05) is 33.2 Å². The molecule has 6 nitrogen and oxygen atoms in total. The Morgan fingerprint density at radius 1 is 1.00 bits per heavy atom. The van der Waals surface area contributed by atoms with Crippen LogP contribution in [-0.4, -0.2) is 72.0 Å². The zero-order valence-electron chi connectivity index (χ0n) is 19.5. The van der Waals surface area contributed by atoms with Crippen LogP contribution in [0, 0.1) is 0 Å². The molecule has 0 bridgehead atoms. The van der Waals surface area contributed by atoms with Crippen LogP contribution in [0.25, 0.3) is 0 Å². The van der Waals surface area contributed by atoms with Gasteiger partial charge in [0.05, 0.1) is 22.5 Å². The topological polar surface area (TPSA) is 53.1 Å². The van der Waals surface area contributed by atoms with Gasteiger partial charge in [0.1, 0.15) is 6.61 Å². The van der Waals surface area contributed by atoms with Crippen molar-refractivity contribution in [1.29, 1.82) is 0 Å². The van der Waals surface area contributed by atoms with Gasteiger partial charge in [0.25, 0.3) is 0 Å². The standard InChI is InChI=1S/C26H31Cl2N3O3/c1-29(25(32)16-20-9-10-21(27)22(28)15-20)23-11-14-31(17-24(23)30-12-5-6-13-30)26(33)34-18-19-7-3-2-4-8-19/h2-4,7-10,15,23-24H,5-6,11-14,16-18H2,1H3. The molecule has 0 N–H and O–H groups in total. The molecule has 0 radical (unpaired) electrons. The zero-order chi connectivity index (χ0) is 24.1. The minimum Gasteiger partial charge on any atom is -0.445 e. The minimum atomic E-state index is -0.295.